The zero-order chi connectivity index (χ0) is 14.9. The molecule has 0 saturated carbocycles. The lowest BCUT2D eigenvalue weighted by molar-refractivity contribution is -0.137. The summed E-state index contributed by atoms with van der Waals surface area (Å²) in [4.78, 5) is 22.9. The second-order valence-corrected chi connectivity index (χ2v) is 4.72. The summed E-state index contributed by atoms with van der Waals surface area (Å²) in [6.07, 6.45) is -4.40. The summed E-state index contributed by atoms with van der Waals surface area (Å²) in [5.74, 6) is -1.23. The van der Waals surface area contributed by atoms with Crippen molar-refractivity contribution in [2.45, 2.75) is 19.5 Å². The number of hydrogen-bond donors (Lipinski definition) is 2. The van der Waals surface area contributed by atoms with Crippen LogP contribution in [0.4, 0.5) is 18.9 Å². The standard InChI is InChI=1S/C13H13F3N2O2/c1-7-2-3-9(13(14,15)16)5-10(7)18-12(20)8-4-11(19)17-6-8/h2-3,5,8H,4,6H2,1H3,(H,17,19)(H,18,20). The molecule has 1 unspecified atom stereocenters. The van der Waals surface area contributed by atoms with Crippen molar-refractivity contribution < 1.29 is 22.8 Å². The molecule has 1 fully saturated rings. The average Bonchev–Trinajstić information content (AvgIpc) is 2.77. The van der Waals surface area contributed by atoms with Gasteiger partial charge in [0.05, 0.1) is 11.5 Å². The molecule has 1 aromatic rings. The van der Waals surface area contributed by atoms with Crippen molar-refractivity contribution in [2.75, 3.05) is 11.9 Å². The van der Waals surface area contributed by atoms with Gasteiger partial charge in [-0.3, -0.25) is 9.59 Å². The molecule has 1 atom stereocenters. The maximum atomic E-state index is 12.6. The second kappa shape index (κ2) is 5.15. The zero-order valence-corrected chi connectivity index (χ0v) is 10.7. The Morgan fingerprint density at radius 2 is 2.10 bits per heavy atom. The molecule has 0 bridgehead atoms. The predicted octanol–water partition coefficient (Wildman–Crippen LogP) is 2.09. The van der Waals surface area contributed by atoms with Crippen LogP contribution in [0.2, 0.25) is 0 Å². The van der Waals surface area contributed by atoms with Gasteiger partial charge in [0, 0.05) is 18.7 Å². The topological polar surface area (TPSA) is 58.2 Å². The van der Waals surface area contributed by atoms with Gasteiger partial charge in [0.2, 0.25) is 11.8 Å². The molecule has 2 amide bonds. The number of nitrogens with one attached hydrogen (secondary N) is 2. The van der Waals surface area contributed by atoms with Gasteiger partial charge in [-0.25, -0.2) is 0 Å². The molecule has 1 aliphatic rings. The van der Waals surface area contributed by atoms with Gasteiger partial charge in [0.1, 0.15) is 0 Å². The van der Waals surface area contributed by atoms with Gasteiger partial charge in [-0.2, -0.15) is 13.2 Å². The summed E-state index contributed by atoms with van der Waals surface area (Å²) in [6, 6.07) is 3.17. The number of anilines is 1. The van der Waals surface area contributed by atoms with Crippen molar-refractivity contribution in [3.8, 4) is 0 Å². The fourth-order valence-corrected chi connectivity index (χ4v) is 1.96. The van der Waals surface area contributed by atoms with E-state index in [1.165, 1.54) is 6.07 Å². The molecule has 1 aliphatic heterocycles. The minimum Gasteiger partial charge on any atom is -0.355 e. The molecule has 1 saturated heterocycles. The Balaban J connectivity index is 2.16. The maximum absolute atomic E-state index is 12.6. The van der Waals surface area contributed by atoms with E-state index in [1.807, 2.05) is 0 Å². The average molecular weight is 286 g/mol. The van der Waals surface area contributed by atoms with Crippen molar-refractivity contribution >= 4 is 17.5 Å². The molecule has 1 aromatic carbocycles. The number of halogens is 3. The van der Waals surface area contributed by atoms with Crippen molar-refractivity contribution in [2.24, 2.45) is 5.92 Å². The molecule has 2 N–H and O–H groups in total. The van der Waals surface area contributed by atoms with E-state index in [0.717, 1.165) is 12.1 Å². The zero-order valence-electron chi connectivity index (χ0n) is 10.7. The Labute approximate surface area is 113 Å². The SMILES string of the molecule is Cc1ccc(C(F)(F)F)cc1NC(=O)C1CNC(=O)C1. The quantitative estimate of drug-likeness (QED) is 0.874. The molecule has 108 valence electrons. The summed E-state index contributed by atoms with van der Waals surface area (Å²) in [6.45, 7) is 1.82. The van der Waals surface area contributed by atoms with Crippen LogP contribution in [0.15, 0.2) is 18.2 Å². The number of hydrogen-bond acceptors (Lipinski definition) is 2. The van der Waals surface area contributed by atoms with Gasteiger partial charge in [-0.15, -0.1) is 0 Å². The van der Waals surface area contributed by atoms with E-state index in [9.17, 15) is 22.8 Å². The van der Waals surface area contributed by atoms with E-state index in [1.54, 1.807) is 6.92 Å². The Kier molecular flexibility index (Phi) is 3.69. The number of rotatable bonds is 2. The molecule has 0 aromatic heterocycles. The van der Waals surface area contributed by atoms with Gasteiger partial charge >= 0.3 is 6.18 Å². The number of carbonyl (C=O) groups excluding carboxylic acids is 2. The van der Waals surface area contributed by atoms with Crippen LogP contribution < -0.4 is 10.6 Å². The van der Waals surface area contributed by atoms with Gasteiger partial charge in [-0.05, 0) is 24.6 Å². The first kappa shape index (κ1) is 14.4. The van der Waals surface area contributed by atoms with Gasteiger partial charge in [-0.1, -0.05) is 6.07 Å². The number of alkyl halides is 3. The van der Waals surface area contributed by atoms with Crippen molar-refractivity contribution in [1.82, 2.24) is 5.32 Å². The van der Waals surface area contributed by atoms with E-state index in [-0.39, 0.29) is 24.6 Å². The highest BCUT2D eigenvalue weighted by atomic mass is 19.4. The van der Waals surface area contributed by atoms with Gasteiger partial charge < -0.3 is 10.6 Å². The summed E-state index contributed by atoms with van der Waals surface area (Å²) in [5.41, 5.74) is -0.174. The van der Waals surface area contributed by atoms with Crippen LogP contribution >= 0.6 is 0 Å². The van der Waals surface area contributed by atoms with Gasteiger partial charge in [0.25, 0.3) is 0 Å². The summed E-state index contributed by atoms with van der Waals surface area (Å²) in [5, 5.41) is 4.96. The monoisotopic (exact) mass is 286 g/mol. The second-order valence-electron chi connectivity index (χ2n) is 4.72. The fraction of sp³-hybridized carbons (Fsp3) is 0.385. The minimum absolute atomic E-state index is 0.0594. The highest BCUT2D eigenvalue weighted by Gasteiger charge is 2.32. The smallest absolute Gasteiger partial charge is 0.355 e. The first-order valence-corrected chi connectivity index (χ1v) is 6.03. The van der Waals surface area contributed by atoms with Crippen LogP contribution in [-0.2, 0) is 15.8 Å². The third-order valence-corrected chi connectivity index (χ3v) is 3.17. The first-order valence-electron chi connectivity index (χ1n) is 6.03. The molecule has 2 rings (SSSR count). The van der Waals surface area contributed by atoms with Crippen LogP contribution in [-0.4, -0.2) is 18.4 Å². The Morgan fingerprint density at radius 3 is 2.65 bits per heavy atom. The molecular formula is C13H13F3N2O2. The Bertz CT molecular complexity index is 555. The molecule has 0 spiro atoms. The lowest BCUT2D eigenvalue weighted by Gasteiger charge is -2.14. The minimum atomic E-state index is -4.46. The van der Waals surface area contributed by atoms with E-state index in [4.69, 9.17) is 0 Å². The van der Waals surface area contributed by atoms with Crippen LogP contribution in [0.3, 0.4) is 0 Å². The van der Waals surface area contributed by atoms with E-state index in [0.29, 0.717) is 5.56 Å². The summed E-state index contributed by atoms with van der Waals surface area (Å²) < 4.78 is 37.9. The number of carbonyl (C=O) groups is 2. The maximum Gasteiger partial charge on any atom is 0.416 e. The Morgan fingerprint density at radius 1 is 1.40 bits per heavy atom. The van der Waals surface area contributed by atoms with Crippen molar-refractivity contribution in [1.29, 1.82) is 0 Å². The van der Waals surface area contributed by atoms with Crippen molar-refractivity contribution in [3.63, 3.8) is 0 Å². The Hall–Kier alpha value is -2.05. The molecule has 7 heteroatoms. The van der Waals surface area contributed by atoms with E-state index >= 15 is 0 Å². The van der Waals surface area contributed by atoms with Crippen LogP contribution in [0.5, 0.6) is 0 Å². The van der Waals surface area contributed by atoms with Crippen LogP contribution in [0.1, 0.15) is 17.5 Å². The highest BCUT2D eigenvalue weighted by molar-refractivity contribution is 5.97. The number of amides is 2. The lowest BCUT2D eigenvalue weighted by atomic mass is 10.1. The summed E-state index contributed by atoms with van der Waals surface area (Å²) in [7, 11) is 0. The van der Waals surface area contributed by atoms with E-state index in [2.05, 4.69) is 10.6 Å². The largest absolute Gasteiger partial charge is 0.416 e. The first-order chi connectivity index (χ1) is 9.27. The summed E-state index contributed by atoms with van der Waals surface area (Å²) >= 11 is 0. The lowest BCUT2D eigenvalue weighted by Crippen LogP contribution is -2.25. The molecule has 0 radical (unpaired) electrons. The molecule has 0 aliphatic carbocycles. The van der Waals surface area contributed by atoms with Crippen LogP contribution in [0.25, 0.3) is 0 Å². The molecule has 4 nitrogen and oxygen atoms in total. The third-order valence-electron chi connectivity index (χ3n) is 3.17. The molecule has 1 heterocycles. The van der Waals surface area contributed by atoms with Gasteiger partial charge in [0.15, 0.2) is 0 Å². The van der Waals surface area contributed by atoms with Crippen molar-refractivity contribution in [3.05, 3.63) is 29.3 Å². The third kappa shape index (κ3) is 3.09. The number of benzene rings is 1. The molecule has 20 heavy (non-hydrogen) atoms. The normalized spacial score (nSPS) is 18.8. The van der Waals surface area contributed by atoms with E-state index < -0.39 is 23.6 Å². The van der Waals surface area contributed by atoms with Crippen LogP contribution in [0, 0.1) is 12.8 Å². The predicted molar refractivity (Wildman–Crippen MR) is 65.9 cm³/mol. The number of aryl methyl sites for hydroxylation is 1. The molecular weight excluding hydrogens is 273 g/mol. The highest BCUT2D eigenvalue weighted by Crippen LogP contribution is 2.32. The fourth-order valence-electron chi connectivity index (χ4n) is 1.96.